The summed E-state index contributed by atoms with van der Waals surface area (Å²) in [4.78, 5) is 1.62. The molecule has 3 heteroatoms. The molecule has 0 amide bonds. The number of rotatable bonds is 2. The Hall–Kier alpha value is -0.930. The maximum Gasteiger partial charge on any atom is 0.127 e. The van der Waals surface area contributed by atoms with Crippen LogP contribution in [0.3, 0.4) is 0 Å². The van der Waals surface area contributed by atoms with Crippen molar-refractivity contribution in [1.82, 2.24) is 0 Å². The zero-order chi connectivity index (χ0) is 10.5. The van der Waals surface area contributed by atoms with Crippen LogP contribution in [-0.2, 0) is 6.54 Å². The van der Waals surface area contributed by atoms with E-state index in [4.69, 9.17) is 0 Å². The molecular formula is C12H19FN2+2. The van der Waals surface area contributed by atoms with Gasteiger partial charge in [-0.05, 0) is 12.1 Å². The van der Waals surface area contributed by atoms with E-state index in [1.165, 1.54) is 38.2 Å². The second-order valence-electron chi connectivity index (χ2n) is 4.27. The van der Waals surface area contributed by atoms with Gasteiger partial charge >= 0.3 is 0 Å². The fourth-order valence-corrected chi connectivity index (χ4v) is 2.14. The van der Waals surface area contributed by atoms with Gasteiger partial charge in [0.2, 0.25) is 0 Å². The van der Waals surface area contributed by atoms with Gasteiger partial charge in [-0.1, -0.05) is 12.1 Å². The fourth-order valence-electron chi connectivity index (χ4n) is 2.14. The highest BCUT2D eigenvalue weighted by atomic mass is 19.1. The molecule has 15 heavy (non-hydrogen) atoms. The third kappa shape index (κ3) is 3.29. The van der Waals surface area contributed by atoms with E-state index in [1.54, 1.807) is 17.0 Å². The molecule has 1 aromatic carbocycles. The van der Waals surface area contributed by atoms with Crippen LogP contribution in [0.2, 0.25) is 0 Å². The van der Waals surface area contributed by atoms with E-state index < -0.39 is 0 Å². The lowest BCUT2D eigenvalue weighted by Gasteiger charge is -2.15. The van der Waals surface area contributed by atoms with Crippen LogP contribution in [0.4, 0.5) is 4.39 Å². The summed E-state index contributed by atoms with van der Waals surface area (Å²) >= 11 is 0. The minimum atomic E-state index is -0.141. The molecule has 2 rings (SSSR count). The summed E-state index contributed by atoms with van der Waals surface area (Å²) < 4.78 is 12.7. The summed E-state index contributed by atoms with van der Waals surface area (Å²) in [5.74, 6) is -0.141. The van der Waals surface area contributed by atoms with Gasteiger partial charge in [-0.3, -0.25) is 0 Å². The highest BCUT2D eigenvalue weighted by Crippen LogP contribution is 2.00. The Morgan fingerprint density at radius 2 is 1.93 bits per heavy atom. The van der Waals surface area contributed by atoms with Crippen molar-refractivity contribution < 1.29 is 14.6 Å². The van der Waals surface area contributed by atoms with Gasteiger partial charge in [0.15, 0.2) is 0 Å². The monoisotopic (exact) mass is 210 g/mol. The fraction of sp³-hybridized carbons (Fsp3) is 0.500. The van der Waals surface area contributed by atoms with E-state index in [2.05, 4.69) is 5.32 Å². The lowest BCUT2D eigenvalue weighted by atomic mass is 10.2. The molecule has 1 aromatic rings. The average Bonchev–Trinajstić information content (AvgIpc) is 2.50. The summed E-state index contributed by atoms with van der Waals surface area (Å²) in [6.45, 7) is 5.98. The van der Waals surface area contributed by atoms with Crippen LogP contribution < -0.4 is 10.2 Å². The van der Waals surface area contributed by atoms with Crippen LogP contribution in [0.15, 0.2) is 24.3 Å². The second kappa shape index (κ2) is 5.24. The third-order valence-electron chi connectivity index (χ3n) is 3.01. The lowest BCUT2D eigenvalue weighted by molar-refractivity contribution is -0.917. The first-order valence-electron chi connectivity index (χ1n) is 5.74. The van der Waals surface area contributed by atoms with E-state index in [0.717, 1.165) is 6.54 Å². The standard InChI is InChI=1S/C12H17FN2/c13-12-4-2-11(3-5-12)10-15-8-1-6-14-7-9-15/h2-5,14H,1,6-10H2/p+2. The van der Waals surface area contributed by atoms with E-state index in [9.17, 15) is 4.39 Å². The van der Waals surface area contributed by atoms with Crippen molar-refractivity contribution >= 4 is 0 Å². The van der Waals surface area contributed by atoms with Gasteiger partial charge in [0, 0.05) is 12.0 Å². The van der Waals surface area contributed by atoms with E-state index in [0.29, 0.717) is 0 Å². The maximum atomic E-state index is 12.7. The molecule has 1 aliphatic rings. The largest absolute Gasteiger partial charge is 0.341 e. The van der Waals surface area contributed by atoms with E-state index >= 15 is 0 Å². The molecule has 0 aromatic heterocycles. The maximum absolute atomic E-state index is 12.7. The molecule has 3 N–H and O–H groups in total. The highest BCUT2D eigenvalue weighted by Gasteiger charge is 2.13. The van der Waals surface area contributed by atoms with Gasteiger partial charge in [-0.15, -0.1) is 0 Å². The van der Waals surface area contributed by atoms with Crippen molar-refractivity contribution in [2.45, 2.75) is 13.0 Å². The van der Waals surface area contributed by atoms with Gasteiger partial charge in [0.05, 0.1) is 13.1 Å². The lowest BCUT2D eigenvalue weighted by Crippen LogP contribution is -3.12. The molecule has 0 aliphatic carbocycles. The Kier molecular flexibility index (Phi) is 3.69. The highest BCUT2D eigenvalue weighted by molar-refractivity contribution is 5.14. The molecule has 82 valence electrons. The quantitative estimate of drug-likeness (QED) is 0.636. The van der Waals surface area contributed by atoms with E-state index in [1.807, 2.05) is 12.1 Å². The first-order chi connectivity index (χ1) is 7.34. The van der Waals surface area contributed by atoms with Crippen molar-refractivity contribution in [3.05, 3.63) is 35.6 Å². The molecule has 0 radical (unpaired) electrons. The van der Waals surface area contributed by atoms with Crippen LogP contribution in [0.25, 0.3) is 0 Å². The van der Waals surface area contributed by atoms with Crippen molar-refractivity contribution in [1.29, 1.82) is 0 Å². The normalized spacial score (nSPS) is 22.3. The third-order valence-corrected chi connectivity index (χ3v) is 3.01. The molecular weight excluding hydrogens is 191 g/mol. The first kappa shape index (κ1) is 10.6. The molecule has 1 saturated heterocycles. The molecule has 0 saturated carbocycles. The number of quaternary nitrogens is 2. The molecule has 1 heterocycles. The van der Waals surface area contributed by atoms with Crippen molar-refractivity contribution in [2.75, 3.05) is 26.2 Å². The van der Waals surface area contributed by atoms with E-state index in [-0.39, 0.29) is 5.82 Å². The molecule has 0 spiro atoms. The van der Waals surface area contributed by atoms with Crippen molar-refractivity contribution in [3.63, 3.8) is 0 Å². The van der Waals surface area contributed by atoms with Crippen LogP contribution in [0.1, 0.15) is 12.0 Å². The molecule has 1 aliphatic heterocycles. The first-order valence-corrected chi connectivity index (χ1v) is 5.74. The predicted octanol–water partition coefficient (Wildman–Crippen LogP) is -0.822. The summed E-state index contributed by atoms with van der Waals surface area (Å²) in [7, 11) is 0. The van der Waals surface area contributed by atoms with Crippen molar-refractivity contribution in [3.8, 4) is 0 Å². The average molecular weight is 210 g/mol. The predicted molar refractivity (Wildman–Crippen MR) is 57.1 cm³/mol. The number of hydrogen-bond donors (Lipinski definition) is 2. The Balaban J connectivity index is 1.92. The number of benzene rings is 1. The van der Waals surface area contributed by atoms with Gasteiger partial charge < -0.3 is 10.2 Å². The van der Waals surface area contributed by atoms with Gasteiger partial charge in [0.25, 0.3) is 0 Å². The Morgan fingerprint density at radius 1 is 1.13 bits per heavy atom. The smallest absolute Gasteiger partial charge is 0.127 e. The van der Waals surface area contributed by atoms with Crippen LogP contribution >= 0.6 is 0 Å². The summed E-state index contributed by atoms with van der Waals surface area (Å²) in [6.07, 6.45) is 1.29. The molecule has 1 unspecified atom stereocenters. The molecule has 2 nitrogen and oxygen atoms in total. The number of halogens is 1. The minimum Gasteiger partial charge on any atom is -0.341 e. The van der Waals surface area contributed by atoms with Crippen LogP contribution in [-0.4, -0.2) is 26.2 Å². The number of nitrogens with two attached hydrogens (primary N) is 1. The SMILES string of the molecule is Fc1ccc(C[NH+]2CCC[NH2+]CC2)cc1. The summed E-state index contributed by atoms with van der Waals surface area (Å²) in [5.41, 5.74) is 1.24. The van der Waals surface area contributed by atoms with Gasteiger partial charge in [-0.25, -0.2) is 4.39 Å². The molecule has 1 fully saturated rings. The minimum absolute atomic E-state index is 0.141. The zero-order valence-electron chi connectivity index (χ0n) is 9.01. The number of hydrogen-bond acceptors (Lipinski definition) is 0. The van der Waals surface area contributed by atoms with Crippen LogP contribution in [0, 0.1) is 5.82 Å². The number of nitrogens with one attached hydrogen (secondary N) is 1. The summed E-state index contributed by atoms with van der Waals surface area (Å²) in [6, 6.07) is 6.91. The Labute approximate surface area is 90.1 Å². The second-order valence-corrected chi connectivity index (χ2v) is 4.27. The molecule has 0 bridgehead atoms. The zero-order valence-corrected chi connectivity index (χ0v) is 9.01. The summed E-state index contributed by atoms with van der Waals surface area (Å²) in [5, 5.41) is 2.39. The Bertz CT molecular complexity index is 289. The van der Waals surface area contributed by atoms with Crippen molar-refractivity contribution in [2.24, 2.45) is 0 Å². The molecule has 1 atom stereocenters. The Morgan fingerprint density at radius 3 is 2.73 bits per heavy atom. The van der Waals surface area contributed by atoms with Gasteiger partial charge in [0.1, 0.15) is 25.5 Å². The topological polar surface area (TPSA) is 21.1 Å². The van der Waals surface area contributed by atoms with Crippen LogP contribution in [0.5, 0.6) is 0 Å². The van der Waals surface area contributed by atoms with Gasteiger partial charge in [-0.2, -0.15) is 0 Å².